The van der Waals surface area contributed by atoms with Crippen molar-refractivity contribution in [2.45, 2.75) is 5.75 Å². The van der Waals surface area contributed by atoms with Gasteiger partial charge < -0.3 is 9.47 Å². The zero-order valence-corrected chi connectivity index (χ0v) is 13.8. The number of nitrogens with one attached hydrogen (secondary N) is 2. The molecule has 0 radical (unpaired) electrons. The van der Waals surface area contributed by atoms with Gasteiger partial charge in [0.15, 0.2) is 11.5 Å². The highest BCUT2D eigenvalue weighted by Gasteiger charge is 2.16. The second-order valence-corrected chi connectivity index (χ2v) is 5.97. The van der Waals surface area contributed by atoms with Gasteiger partial charge in [-0.05, 0) is 42.2 Å². The smallest absolute Gasteiger partial charge is 0.269 e. The summed E-state index contributed by atoms with van der Waals surface area (Å²) in [5.74, 6) is 1.20. The van der Waals surface area contributed by atoms with Crippen LogP contribution in [0.15, 0.2) is 42.5 Å². The maximum Gasteiger partial charge on any atom is 0.269 e. The summed E-state index contributed by atoms with van der Waals surface area (Å²) in [6.07, 6.45) is 2.02. The molecule has 24 heavy (non-hydrogen) atoms. The lowest BCUT2D eigenvalue weighted by atomic mass is 10.1. The summed E-state index contributed by atoms with van der Waals surface area (Å²) in [5, 5.41) is 0. The van der Waals surface area contributed by atoms with E-state index in [1.807, 2.05) is 18.4 Å². The first-order valence-electron chi connectivity index (χ1n) is 7.25. The summed E-state index contributed by atoms with van der Waals surface area (Å²) in [5.41, 5.74) is 6.78. The third-order valence-electron chi connectivity index (χ3n) is 3.45. The molecule has 2 amide bonds. The fraction of sp³-hybridized carbons (Fsp3) is 0.176. The molecule has 1 aliphatic rings. The predicted molar refractivity (Wildman–Crippen MR) is 91.2 cm³/mol. The van der Waals surface area contributed by atoms with E-state index in [0.717, 1.165) is 11.3 Å². The number of hydrazine groups is 1. The minimum Gasteiger partial charge on any atom is -0.454 e. The maximum absolute atomic E-state index is 12.1. The quantitative estimate of drug-likeness (QED) is 0.833. The Kier molecular flexibility index (Phi) is 4.90. The Morgan fingerprint density at radius 1 is 0.958 bits per heavy atom. The number of thioether (sulfide) groups is 1. The van der Waals surface area contributed by atoms with Crippen molar-refractivity contribution in [3.8, 4) is 11.5 Å². The van der Waals surface area contributed by atoms with E-state index in [2.05, 4.69) is 10.9 Å². The van der Waals surface area contributed by atoms with E-state index in [1.165, 1.54) is 0 Å². The molecule has 0 spiro atoms. The molecule has 0 bridgehead atoms. The topological polar surface area (TPSA) is 76.7 Å². The number of amides is 2. The van der Waals surface area contributed by atoms with Crippen molar-refractivity contribution in [3.63, 3.8) is 0 Å². The molecule has 2 aromatic rings. The summed E-state index contributed by atoms with van der Waals surface area (Å²) in [4.78, 5) is 24.2. The first-order valence-corrected chi connectivity index (χ1v) is 8.65. The number of hydrogen-bond acceptors (Lipinski definition) is 5. The van der Waals surface area contributed by atoms with Gasteiger partial charge in [-0.1, -0.05) is 12.1 Å². The van der Waals surface area contributed by atoms with E-state index in [9.17, 15) is 9.59 Å². The largest absolute Gasteiger partial charge is 0.454 e. The minimum atomic E-state index is -0.430. The molecule has 6 nitrogen and oxygen atoms in total. The third-order valence-corrected chi connectivity index (χ3v) is 4.07. The van der Waals surface area contributed by atoms with Crippen LogP contribution in [-0.4, -0.2) is 24.9 Å². The number of carbonyl (C=O) groups is 2. The van der Waals surface area contributed by atoms with E-state index in [1.54, 1.807) is 42.1 Å². The number of hydrogen-bond donors (Lipinski definition) is 2. The van der Waals surface area contributed by atoms with Gasteiger partial charge in [-0.25, -0.2) is 0 Å². The lowest BCUT2D eigenvalue weighted by molar-refractivity contribution is 0.0846. The second kappa shape index (κ2) is 7.27. The highest BCUT2D eigenvalue weighted by Crippen LogP contribution is 2.32. The van der Waals surface area contributed by atoms with Gasteiger partial charge in [0.1, 0.15) is 0 Å². The molecule has 0 aliphatic carbocycles. The van der Waals surface area contributed by atoms with Crippen molar-refractivity contribution in [1.82, 2.24) is 10.9 Å². The molecule has 2 aromatic carbocycles. The molecule has 0 saturated heterocycles. The van der Waals surface area contributed by atoms with Crippen LogP contribution >= 0.6 is 11.8 Å². The standard InChI is InChI=1S/C17H16N2O4S/c1-24-9-11-2-4-12(5-3-11)16(20)18-19-17(21)13-6-7-14-15(8-13)23-10-22-14/h2-8H,9-10H2,1H3,(H,18,20)(H,19,21). The molecular weight excluding hydrogens is 328 g/mol. The third kappa shape index (κ3) is 3.62. The van der Waals surface area contributed by atoms with Gasteiger partial charge in [0.25, 0.3) is 11.8 Å². The Balaban J connectivity index is 1.58. The van der Waals surface area contributed by atoms with Crippen molar-refractivity contribution in [3.05, 3.63) is 59.2 Å². The summed E-state index contributed by atoms with van der Waals surface area (Å²) < 4.78 is 10.4. The van der Waals surface area contributed by atoms with Crippen molar-refractivity contribution in [2.24, 2.45) is 0 Å². The summed E-state index contributed by atoms with van der Waals surface area (Å²) >= 11 is 1.71. The molecule has 3 rings (SSSR count). The lowest BCUT2D eigenvalue weighted by Gasteiger charge is -2.08. The minimum absolute atomic E-state index is 0.143. The van der Waals surface area contributed by atoms with Crippen LogP contribution in [0.3, 0.4) is 0 Å². The van der Waals surface area contributed by atoms with E-state index >= 15 is 0 Å². The van der Waals surface area contributed by atoms with Crippen LogP contribution in [0, 0.1) is 0 Å². The van der Waals surface area contributed by atoms with Gasteiger partial charge in [0, 0.05) is 16.9 Å². The Hall–Kier alpha value is -2.67. The van der Waals surface area contributed by atoms with Crippen LogP contribution in [0.5, 0.6) is 11.5 Å². The van der Waals surface area contributed by atoms with Gasteiger partial charge in [-0.2, -0.15) is 11.8 Å². The number of rotatable bonds is 4. The van der Waals surface area contributed by atoms with E-state index in [0.29, 0.717) is 22.6 Å². The van der Waals surface area contributed by atoms with Crippen molar-refractivity contribution >= 4 is 23.6 Å². The van der Waals surface area contributed by atoms with Crippen LogP contribution in [0.4, 0.5) is 0 Å². The fourth-order valence-corrected chi connectivity index (χ4v) is 2.74. The maximum atomic E-state index is 12.1. The number of carbonyl (C=O) groups excluding carboxylic acids is 2. The van der Waals surface area contributed by atoms with Crippen molar-refractivity contribution in [2.75, 3.05) is 13.0 Å². The van der Waals surface area contributed by atoms with E-state index < -0.39 is 5.91 Å². The molecule has 0 unspecified atom stereocenters. The van der Waals surface area contributed by atoms with Gasteiger partial charge in [-0.15, -0.1) is 0 Å². The predicted octanol–water partition coefficient (Wildman–Crippen LogP) is 2.35. The van der Waals surface area contributed by atoms with E-state index in [4.69, 9.17) is 9.47 Å². The molecule has 0 atom stereocenters. The van der Waals surface area contributed by atoms with E-state index in [-0.39, 0.29) is 12.7 Å². The molecule has 2 N–H and O–H groups in total. The van der Waals surface area contributed by atoms with Crippen molar-refractivity contribution < 1.29 is 19.1 Å². The van der Waals surface area contributed by atoms with Crippen LogP contribution in [-0.2, 0) is 5.75 Å². The summed E-state index contributed by atoms with van der Waals surface area (Å²) in [6.45, 7) is 0.143. The Labute approximate surface area is 143 Å². The zero-order valence-electron chi connectivity index (χ0n) is 13.0. The molecule has 0 saturated carbocycles. The summed E-state index contributed by atoms with van der Waals surface area (Å²) in [6, 6.07) is 12.1. The fourth-order valence-electron chi connectivity index (χ4n) is 2.21. The molecule has 0 fully saturated rings. The normalized spacial score (nSPS) is 11.9. The monoisotopic (exact) mass is 344 g/mol. The molecule has 1 heterocycles. The number of fused-ring (bicyclic) bond motifs is 1. The van der Waals surface area contributed by atoms with Crippen LogP contribution in [0.25, 0.3) is 0 Å². The van der Waals surface area contributed by atoms with Crippen LogP contribution in [0.1, 0.15) is 26.3 Å². The Morgan fingerprint density at radius 3 is 2.29 bits per heavy atom. The average Bonchev–Trinajstić information content (AvgIpc) is 3.08. The summed E-state index contributed by atoms with van der Waals surface area (Å²) in [7, 11) is 0. The molecule has 0 aromatic heterocycles. The number of ether oxygens (including phenoxy) is 2. The average molecular weight is 344 g/mol. The van der Waals surface area contributed by atoms with Gasteiger partial charge in [0.05, 0.1) is 0 Å². The first-order chi connectivity index (χ1) is 11.7. The molecule has 7 heteroatoms. The highest BCUT2D eigenvalue weighted by atomic mass is 32.2. The SMILES string of the molecule is CSCc1ccc(C(=O)NNC(=O)c2ccc3c(c2)OCO3)cc1. The molecular formula is C17H16N2O4S. The first kappa shape index (κ1) is 16.2. The Morgan fingerprint density at radius 2 is 1.58 bits per heavy atom. The van der Waals surface area contributed by atoms with Crippen LogP contribution < -0.4 is 20.3 Å². The van der Waals surface area contributed by atoms with Gasteiger partial charge in [0.2, 0.25) is 6.79 Å². The lowest BCUT2D eigenvalue weighted by Crippen LogP contribution is -2.41. The molecule has 124 valence electrons. The molecule has 1 aliphatic heterocycles. The van der Waals surface area contributed by atoms with Gasteiger partial charge in [-0.3, -0.25) is 20.4 Å². The highest BCUT2D eigenvalue weighted by molar-refractivity contribution is 7.97. The number of benzene rings is 2. The Bertz CT molecular complexity index is 762. The van der Waals surface area contributed by atoms with Crippen molar-refractivity contribution in [1.29, 1.82) is 0 Å². The van der Waals surface area contributed by atoms with Crippen LogP contribution in [0.2, 0.25) is 0 Å². The zero-order chi connectivity index (χ0) is 16.9. The second-order valence-electron chi connectivity index (χ2n) is 5.11. The van der Waals surface area contributed by atoms with Gasteiger partial charge >= 0.3 is 0 Å².